The first-order valence-electron chi connectivity index (χ1n) is 9.75. The van der Waals surface area contributed by atoms with Gasteiger partial charge >= 0.3 is 5.69 Å². The highest BCUT2D eigenvalue weighted by Gasteiger charge is 2.29. The van der Waals surface area contributed by atoms with E-state index in [1.54, 1.807) is 30.3 Å². The van der Waals surface area contributed by atoms with Crippen molar-refractivity contribution in [2.75, 3.05) is 28.6 Å². The molecular weight excluding hydrogens is 388 g/mol. The molecule has 2 N–H and O–H groups in total. The zero-order valence-electron chi connectivity index (χ0n) is 16.7. The fourth-order valence-electron chi connectivity index (χ4n) is 3.84. The first-order chi connectivity index (χ1) is 14.4. The van der Waals surface area contributed by atoms with Gasteiger partial charge in [0.15, 0.2) is 5.52 Å². The number of nitrogens with one attached hydrogen (secondary N) is 2. The molecule has 0 aliphatic carbocycles. The minimum Gasteiger partial charge on any atom is -0.369 e. The number of amides is 1. The monoisotopic (exact) mass is 410 g/mol. The van der Waals surface area contributed by atoms with Crippen LogP contribution >= 0.6 is 0 Å². The number of hydrogen-bond acceptors (Lipinski definition) is 8. The molecular formula is C20H22N6O4. The lowest BCUT2D eigenvalue weighted by molar-refractivity contribution is -0.382. The largest absolute Gasteiger partial charge is 0.369 e. The normalized spacial score (nSPS) is 16.5. The van der Waals surface area contributed by atoms with Gasteiger partial charge in [-0.05, 0) is 59.4 Å². The average molecular weight is 410 g/mol. The van der Waals surface area contributed by atoms with Gasteiger partial charge < -0.3 is 15.5 Å². The minimum absolute atomic E-state index is 0.119. The molecule has 3 aromatic rings. The van der Waals surface area contributed by atoms with Crippen LogP contribution in [0.25, 0.3) is 11.0 Å². The summed E-state index contributed by atoms with van der Waals surface area (Å²) in [5, 5.41) is 25.4. The molecule has 2 aromatic carbocycles. The summed E-state index contributed by atoms with van der Waals surface area (Å²) in [6.45, 7) is 5.30. The predicted octanol–water partition coefficient (Wildman–Crippen LogP) is 4.07. The van der Waals surface area contributed by atoms with Crippen LogP contribution in [0.15, 0.2) is 35.0 Å². The number of hydrogen-bond donors (Lipinski definition) is 2. The number of anilines is 4. The molecule has 0 saturated carbocycles. The van der Waals surface area contributed by atoms with Crippen molar-refractivity contribution in [1.29, 1.82) is 0 Å². The molecule has 4 rings (SSSR count). The maximum absolute atomic E-state index is 11.8. The maximum Gasteiger partial charge on any atom is 0.324 e. The van der Waals surface area contributed by atoms with E-state index in [-0.39, 0.29) is 17.1 Å². The van der Waals surface area contributed by atoms with E-state index < -0.39 is 4.92 Å². The van der Waals surface area contributed by atoms with Crippen LogP contribution in [0.5, 0.6) is 0 Å². The van der Waals surface area contributed by atoms with Crippen molar-refractivity contribution in [1.82, 2.24) is 10.3 Å². The molecule has 0 spiro atoms. The number of rotatable bonds is 5. The molecule has 0 unspecified atom stereocenters. The summed E-state index contributed by atoms with van der Waals surface area (Å²) in [5.74, 6) is 0.345. The van der Waals surface area contributed by atoms with Crippen molar-refractivity contribution >= 4 is 45.4 Å². The van der Waals surface area contributed by atoms with Crippen LogP contribution in [0, 0.1) is 16.0 Å². The van der Waals surface area contributed by atoms with Crippen LogP contribution in [0.1, 0.15) is 26.7 Å². The smallest absolute Gasteiger partial charge is 0.324 e. The molecule has 2 heterocycles. The summed E-state index contributed by atoms with van der Waals surface area (Å²) in [6, 6.07) is 8.66. The lowest BCUT2D eigenvalue weighted by Crippen LogP contribution is -2.34. The quantitative estimate of drug-likeness (QED) is 0.476. The van der Waals surface area contributed by atoms with E-state index in [0.717, 1.165) is 31.6 Å². The van der Waals surface area contributed by atoms with Gasteiger partial charge in [0, 0.05) is 31.4 Å². The molecule has 1 aromatic heterocycles. The molecule has 1 fully saturated rings. The van der Waals surface area contributed by atoms with Gasteiger partial charge in [0.2, 0.25) is 11.4 Å². The Morgan fingerprint density at radius 1 is 1.23 bits per heavy atom. The number of piperidine rings is 1. The SMILES string of the molecule is CC(=O)Nc1ccc(Nc2cc(N3CCC[C@@H](C)C3)c3nonc3c2[N+](=O)[O-])cc1. The molecule has 1 amide bonds. The third kappa shape index (κ3) is 3.88. The number of nitro groups is 1. The van der Waals surface area contributed by atoms with Crippen molar-refractivity contribution in [2.24, 2.45) is 5.92 Å². The molecule has 0 bridgehead atoms. The van der Waals surface area contributed by atoms with Crippen molar-refractivity contribution in [3.63, 3.8) is 0 Å². The lowest BCUT2D eigenvalue weighted by Gasteiger charge is -2.32. The van der Waals surface area contributed by atoms with Gasteiger partial charge in [0.25, 0.3) is 0 Å². The second-order valence-corrected chi connectivity index (χ2v) is 7.59. The predicted molar refractivity (Wildman–Crippen MR) is 113 cm³/mol. The molecule has 10 heteroatoms. The van der Waals surface area contributed by atoms with Crippen LogP contribution in [-0.2, 0) is 4.79 Å². The fraction of sp³-hybridized carbons (Fsp3) is 0.350. The molecule has 30 heavy (non-hydrogen) atoms. The van der Waals surface area contributed by atoms with Crippen LogP contribution < -0.4 is 15.5 Å². The molecule has 1 saturated heterocycles. The number of nitrogens with zero attached hydrogens (tertiary/aromatic N) is 4. The molecule has 1 aliphatic rings. The van der Waals surface area contributed by atoms with Gasteiger partial charge in [0.05, 0.1) is 10.6 Å². The van der Waals surface area contributed by atoms with Crippen molar-refractivity contribution in [2.45, 2.75) is 26.7 Å². The second kappa shape index (κ2) is 7.97. The first kappa shape index (κ1) is 19.6. The van der Waals surface area contributed by atoms with Gasteiger partial charge in [0.1, 0.15) is 5.69 Å². The summed E-state index contributed by atoms with van der Waals surface area (Å²) < 4.78 is 4.87. The second-order valence-electron chi connectivity index (χ2n) is 7.59. The third-order valence-corrected chi connectivity index (χ3v) is 5.16. The third-order valence-electron chi connectivity index (χ3n) is 5.16. The van der Waals surface area contributed by atoms with Gasteiger partial charge in [-0.3, -0.25) is 14.9 Å². The summed E-state index contributed by atoms with van der Waals surface area (Å²) >= 11 is 0. The van der Waals surface area contributed by atoms with E-state index >= 15 is 0 Å². The Kier molecular flexibility index (Phi) is 5.21. The molecule has 156 valence electrons. The number of aromatic nitrogens is 2. The van der Waals surface area contributed by atoms with E-state index in [1.165, 1.54) is 6.92 Å². The zero-order chi connectivity index (χ0) is 21.3. The van der Waals surface area contributed by atoms with E-state index in [9.17, 15) is 14.9 Å². The number of carbonyl (C=O) groups is 1. The van der Waals surface area contributed by atoms with E-state index in [1.807, 2.05) is 0 Å². The number of benzene rings is 2. The Morgan fingerprint density at radius 3 is 2.60 bits per heavy atom. The highest BCUT2D eigenvalue weighted by atomic mass is 16.6. The van der Waals surface area contributed by atoms with Gasteiger partial charge in [-0.2, -0.15) is 0 Å². The van der Waals surface area contributed by atoms with Crippen LogP contribution in [-0.4, -0.2) is 34.2 Å². The Balaban J connectivity index is 1.75. The van der Waals surface area contributed by atoms with Gasteiger partial charge in [-0.1, -0.05) is 6.92 Å². The molecule has 0 radical (unpaired) electrons. The summed E-state index contributed by atoms with van der Waals surface area (Å²) in [4.78, 5) is 24.7. The van der Waals surface area contributed by atoms with Crippen molar-refractivity contribution in [3.8, 4) is 0 Å². The standard InChI is InChI=1S/C20H22N6O4/c1-12-4-3-9-25(11-12)17-10-16(20(26(28)29)19-18(17)23-30-24-19)22-15-7-5-14(6-8-15)21-13(2)27/h5-8,10,12,22H,3-4,9,11H2,1-2H3,(H,21,27)/t12-/m1/s1. The summed E-state index contributed by atoms with van der Waals surface area (Å²) in [6.07, 6.45) is 2.19. The average Bonchev–Trinajstić information content (AvgIpc) is 3.17. The topological polar surface area (TPSA) is 126 Å². The Morgan fingerprint density at radius 2 is 1.93 bits per heavy atom. The van der Waals surface area contributed by atoms with Gasteiger partial charge in [-0.15, -0.1) is 0 Å². The lowest BCUT2D eigenvalue weighted by atomic mass is 9.99. The van der Waals surface area contributed by atoms with E-state index in [2.05, 4.69) is 32.8 Å². The maximum atomic E-state index is 11.8. The highest BCUT2D eigenvalue weighted by molar-refractivity contribution is 6.00. The fourth-order valence-corrected chi connectivity index (χ4v) is 3.84. The van der Waals surface area contributed by atoms with Crippen molar-refractivity contribution in [3.05, 3.63) is 40.4 Å². The first-order valence-corrected chi connectivity index (χ1v) is 9.75. The van der Waals surface area contributed by atoms with Crippen LogP contribution in [0.3, 0.4) is 0 Å². The summed E-state index contributed by atoms with van der Waals surface area (Å²) in [7, 11) is 0. The minimum atomic E-state index is -0.483. The molecule has 1 atom stereocenters. The summed E-state index contributed by atoms with van der Waals surface area (Å²) in [5.41, 5.74) is 2.67. The van der Waals surface area contributed by atoms with Gasteiger partial charge in [-0.25, -0.2) is 4.63 Å². The van der Waals surface area contributed by atoms with Crippen LogP contribution in [0.4, 0.5) is 28.4 Å². The number of fused-ring (bicyclic) bond motifs is 1. The van der Waals surface area contributed by atoms with E-state index in [4.69, 9.17) is 4.63 Å². The van der Waals surface area contributed by atoms with Crippen LogP contribution in [0.2, 0.25) is 0 Å². The number of carbonyl (C=O) groups excluding carboxylic acids is 1. The molecule has 1 aliphatic heterocycles. The Labute approximate surface area is 172 Å². The van der Waals surface area contributed by atoms with E-state index in [0.29, 0.717) is 28.5 Å². The Bertz CT molecular complexity index is 1090. The molecule has 10 nitrogen and oxygen atoms in total. The Hall–Kier alpha value is -3.69. The number of nitro benzene ring substituents is 1. The highest BCUT2D eigenvalue weighted by Crippen LogP contribution is 2.40. The zero-order valence-corrected chi connectivity index (χ0v) is 16.7. The van der Waals surface area contributed by atoms with Crippen molar-refractivity contribution < 1.29 is 14.3 Å².